The lowest BCUT2D eigenvalue weighted by Crippen LogP contribution is -2.50. The molecule has 140 valence electrons. The molecule has 0 bridgehead atoms. The summed E-state index contributed by atoms with van der Waals surface area (Å²) in [5.41, 5.74) is -0.345. The maximum Gasteiger partial charge on any atom is 0.342 e. The molecule has 10 heteroatoms. The van der Waals surface area contributed by atoms with Crippen molar-refractivity contribution in [3.63, 3.8) is 0 Å². The molecule has 0 aliphatic carbocycles. The van der Waals surface area contributed by atoms with E-state index in [0.717, 1.165) is 5.56 Å². The Labute approximate surface area is 153 Å². The Morgan fingerprint density at radius 2 is 1.89 bits per heavy atom. The molecule has 4 rings (SSSR count). The number of piperazine rings is 1. The first-order valence-electron chi connectivity index (χ1n) is 8.41. The Kier molecular flexibility index (Phi) is 4.37. The van der Waals surface area contributed by atoms with Crippen molar-refractivity contribution >= 4 is 17.8 Å². The summed E-state index contributed by atoms with van der Waals surface area (Å²) < 4.78 is 10.6. The van der Waals surface area contributed by atoms with Gasteiger partial charge in [-0.3, -0.25) is 14.6 Å². The first-order chi connectivity index (χ1) is 13.1. The molecule has 0 unspecified atom stereocenters. The summed E-state index contributed by atoms with van der Waals surface area (Å²) in [4.78, 5) is 40.8. The maximum atomic E-state index is 12.4. The van der Waals surface area contributed by atoms with E-state index in [4.69, 9.17) is 9.47 Å². The molecule has 1 aromatic heterocycles. The molecule has 27 heavy (non-hydrogen) atoms. The monoisotopic (exact) mass is 371 g/mol. The average molecular weight is 371 g/mol. The summed E-state index contributed by atoms with van der Waals surface area (Å²) in [6.45, 7) is 2.01. The predicted octanol–water partition coefficient (Wildman–Crippen LogP) is -0.451. The van der Waals surface area contributed by atoms with E-state index in [1.54, 1.807) is 21.9 Å². The number of rotatable bonds is 3. The highest BCUT2D eigenvalue weighted by atomic mass is 16.7. The molecule has 1 saturated heterocycles. The van der Waals surface area contributed by atoms with Crippen molar-refractivity contribution in [3.05, 3.63) is 50.7 Å². The molecule has 3 heterocycles. The second-order valence-electron chi connectivity index (χ2n) is 6.09. The molecular weight excluding hydrogens is 354 g/mol. The van der Waals surface area contributed by atoms with Gasteiger partial charge in [0.05, 0.1) is 0 Å². The van der Waals surface area contributed by atoms with Crippen molar-refractivity contribution in [2.75, 3.05) is 37.9 Å². The van der Waals surface area contributed by atoms with Crippen LogP contribution in [-0.4, -0.2) is 59.0 Å². The molecular formula is C17H17N5O5. The van der Waals surface area contributed by atoms with Gasteiger partial charge < -0.3 is 19.3 Å². The van der Waals surface area contributed by atoms with Crippen LogP contribution < -0.4 is 25.6 Å². The zero-order chi connectivity index (χ0) is 18.8. The number of nitrogens with one attached hydrogen (secondary N) is 2. The Morgan fingerprint density at radius 3 is 2.67 bits per heavy atom. The molecule has 2 N–H and O–H groups in total. The molecule has 1 amide bonds. The Balaban J connectivity index is 1.37. The van der Waals surface area contributed by atoms with Gasteiger partial charge in [0, 0.05) is 32.3 Å². The van der Waals surface area contributed by atoms with E-state index in [1.807, 2.05) is 12.1 Å². The lowest BCUT2D eigenvalue weighted by molar-refractivity contribution is -0.126. The lowest BCUT2D eigenvalue weighted by atomic mass is 10.2. The van der Waals surface area contributed by atoms with Gasteiger partial charge >= 0.3 is 5.69 Å². The molecule has 2 aliphatic rings. The van der Waals surface area contributed by atoms with Crippen LogP contribution in [0.3, 0.4) is 0 Å². The Hall–Kier alpha value is -3.56. The van der Waals surface area contributed by atoms with Gasteiger partial charge in [-0.15, -0.1) is 5.10 Å². The van der Waals surface area contributed by atoms with Crippen molar-refractivity contribution in [1.82, 2.24) is 20.1 Å². The van der Waals surface area contributed by atoms with Gasteiger partial charge in [-0.05, 0) is 23.8 Å². The van der Waals surface area contributed by atoms with Crippen molar-refractivity contribution in [2.45, 2.75) is 0 Å². The first-order valence-corrected chi connectivity index (χ1v) is 8.41. The Bertz CT molecular complexity index is 1000. The van der Waals surface area contributed by atoms with Crippen molar-refractivity contribution in [3.8, 4) is 11.5 Å². The third kappa shape index (κ3) is 3.54. The number of fused-ring (bicyclic) bond motifs is 1. The van der Waals surface area contributed by atoms with E-state index in [2.05, 4.69) is 15.2 Å². The van der Waals surface area contributed by atoms with Crippen LogP contribution in [0.5, 0.6) is 11.5 Å². The highest BCUT2D eigenvalue weighted by Gasteiger charge is 2.22. The summed E-state index contributed by atoms with van der Waals surface area (Å²) in [7, 11) is 0. The second kappa shape index (κ2) is 6.98. The number of carbonyl (C=O) groups is 1. The third-order valence-corrected chi connectivity index (χ3v) is 4.40. The van der Waals surface area contributed by atoms with E-state index in [1.165, 1.54) is 6.08 Å². The molecule has 0 atom stereocenters. The first kappa shape index (κ1) is 16.9. The number of benzene rings is 1. The Morgan fingerprint density at radius 1 is 1.11 bits per heavy atom. The molecule has 10 nitrogen and oxygen atoms in total. The maximum absolute atomic E-state index is 12.4. The van der Waals surface area contributed by atoms with Gasteiger partial charge in [0.1, 0.15) is 0 Å². The zero-order valence-electron chi connectivity index (χ0n) is 14.3. The van der Waals surface area contributed by atoms with E-state index in [-0.39, 0.29) is 18.5 Å². The van der Waals surface area contributed by atoms with Crippen LogP contribution in [0.15, 0.2) is 33.9 Å². The van der Waals surface area contributed by atoms with E-state index >= 15 is 0 Å². The molecule has 1 fully saturated rings. The quantitative estimate of drug-likeness (QED) is 0.701. The number of aromatic amines is 2. The van der Waals surface area contributed by atoms with Crippen molar-refractivity contribution < 1.29 is 14.3 Å². The fourth-order valence-corrected chi connectivity index (χ4v) is 2.98. The number of nitrogens with zero attached hydrogens (tertiary/aromatic N) is 3. The summed E-state index contributed by atoms with van der Waals surface area (Å²) in [5.74, 6) is 1.39. The number of aromatic nitrogens is 3. The van der Waals surface area contributed by atoms with Gasteiger partial charge in [0.15, 0.2) is 11.5 Å². The second-order valence-corrected chi connectivity index (χ2v) is 6.09. The van der Waals surface area contributed by atoms with Gasteiger partial charge in [0.2, 0.25) is 18.5 Å². The number of anilines is 1. The normalized spacial score (nSPS) is 16.1. The minimum Gasteiger partial charge on any atom is -0.454 e. The number of carbonyl (C=O) groups excluding carboxylic acids is 1. The van der Waals surface area contributed by atoms with Crippen LogP contribution in [0, 0.1) is 0 Å². The smallest absolute Gasteiger partial charge is 0.342 e. The molecule has 0 spiro atoms. The van der Waals surface area contributed by atoms with Crippen LogP contribution in [0.1, 0.15) is 5.56 Å². The fraction of sp³-hybridized carbons (Fsp3) is 0.294. The highest BCUT2D eigenvalue weighted by molar-refractivity contribution is 5.92. The third-order valence-electron chi connectivity index (χ3n) is 4.40. The molecule has 1 aromatic carbocycles. The molecule has 0 radical (unpaired) electrons. The summed E-state index contributed by atoms with van der Waals surface area (Å²) in [6, 6.07) is 5.47. The van der Waals surface area contributed by atoms with Gasteiger partial charge in [0.25, 0.3) is 5.56 Å². The molecule has 2 aromatic rings. The minimum atomic E-state index is -0.647. The van der Waals surface area contributed by atoms with Gasteiger partial charge in [-0.25, -0.2) is 9.89 Å². The van der Waals surface area contributed by atoms with Crippen molar-refractivity contribution in [2.24, 2.45) is 0 Å². The van der Waals surface area contributed by atoms with Crippen LogP contribution in [0.25, 0.3) is 6.08 Å². The summed E-state index contributed by atoms with van der Waals surface area (Å²) >= 11 is 0. The SMILES string of the molecule is O=C(/C=C/c1ccc2c(c1)OCO2)N1CCN(c2n[nH]c(=O)[nH]c2=O)CC1. The fourth-order valence-electron chi connectivity index (χ4n) is 2.98. The van der Waals surface area contributed by atoms with Crippen molar-refractivity contribution in [1.29, 1.82) is 0 Å². The zero-order valence-corrected chi connectivity index (χ0v) is 14.3. The topological polar surface area (TPSA) is 121 Å². The van der Waals surface area contributed by atoms with E-state index in [9.17, 15) is 14.4 Å². The van der Waals surface area contributed by atoms with Crippen LogP contribution in [-0.2, 0) is 4.79 Å². The summed E-state index contributed by atoms with van der Waals surface area (Å²) in [5, 5.41) is 6.00. The van der Waals surface area contributed by atoms with E-state index < -0.39 is 11.2 Å². The number of hydrogen-bond donors (Lipinski definition) is 2. The minimum absolute atomic E-state index is 0.115. The highest BCUT2D eigenvalue weighted by Crippen LogP contribution is 2.32. The predicted molar refractivity (Wildman–Crippen MR) is 95.9 cm³/mol. The number of hydrogen-bond acceptors (Lipinski definition) is 7. The number of amides is 1. The van der Waals surface area contributed by atoms with Gasteiger partial charge in [-0.2, -0.15) is 0 Å². The standard InChI is InChI=1S/C17H17N5O5/c23-14(4-2-11-1-3-12-13(9-11)27-10-26-12)21-5-7-22(8-6-21)15-16(24)18-17(25)20-19-15/h1-4,9H,5-8,10H2,(H2,18,20,24,25)/b4-2+. The lowest BCUT2D eigenvalue weighted by Gasteiger charge is -2.34. The van der Waals surface area contributed by atoms with Crippen LogP contribution in [0.2, 0.25) is 0 Å². The number of ether oxygens (including phenoxy) is 2. The average Bonchev–Trinajstić information content (AvgIpc) is 3.14. The van der Waals surface area contributed by atoms with Gasteiger partial charge in [-0.1, -0.05) is 6.07 Å². The molecule has 0 saturated carbocycles. The summed E-state index contributed by atoms with van der Waals surface area (Å²) in [6.07, 6.45) is 3.24. The van der Waals surface area contributed by atoms with Crippen LogP contribution >= 0.6 is 0 Å². The molecule has 2 aliphatic heterocycles. The van der Waals surface area contributed by atoms with Crippen LogP contribution in [0.4, 0.5) is 5.82 Å². The number of H-pyrrole nitrogens is 2. The largest absolute Gasteiger partial charge is 0.454 e. The van der Waals surface area contributed by atoms with E-state index in [0.29, 0.717) is 37.7 Å².